The smallest absolute Gasteiger partial charge is 0.232 e. The molecule has 0 aliphatic carbocycles. The Morgan fingerprint density at radius 2 is 1.68 bits per heavy atom. The first-order chi connectivity index (χ1) is 12.1. The van der Waals surface area contributed by atoms with Crippen molar-refractivity contribution in [2.45, 2.75) is 13.3 Å². The van der Waals surface area contributed by atoms with Crippen molar-refractivity contribution >= 4 is 17.4 Å². The minimum atomic E-state index is -0.318. The van der Waals surface area contributed by atoms with Crippen LogP contribution in [-0.2, 0) is 4.79 Å². The van der Waals surface area contributed by atoms with Gasteiger partial charge >= 0.3 is 0 Å². The Morgan fingerprint density at radius 1 is 0.920 bits per heavy atom. The van der Waals surface area contributed by atoms with Crippen LogP contribution in [0.1, 0.15) is 22.5 Å². The van der Waals surface area contributed by atoms with Crippen LogP contribution >= 0.6 is 0 Å². The minimum absolute atomic E-state index is 0.187. The highest BCUT2D eigenvalue weighted by atomic mass is 16.2. The molecule has 0 atom stereocenters. The van der Waals surface area contributed by atoms with Gasteiger partial charge in [-0.1, -0.05) is 36.4 Å². The fourth-order valence-corrected chi connectivity index (χ4v) is 2.57. The molecule has 0 aliphatic rings. The minimum Gasteiger partial charge on any atom is -0.326 e. The molecule has 0 saturated heterocycles. The summed E-state index contributed by atoms with van der Waals surface area (Å²) < 4.78 is 0. The van der Waals surface area contributed by atoms with Crippen LogP contribution in [0.15, 0.2) is 72.9 Å². The SMILES string of the molecule is Cc1cc(-c2cccc(C(=O)CC(=O)Nc3ccccc3)c2)ccn1. The van der Waals surface area contributed by atoms with Crippen molar-refractivity contribution in [1.29, 1.82) is 0 Å². The van der Waals surface area contributed by atoms with E-state index in [1.165, 1.54) is 0 Å². The van der Waals surface area contributed by atoms with Crippen molar-refractivity contribution in [1.82, 2.24) is 4.98 Å². The van der Waals surface area contributed by atoms with E-state index in [9.17, 15) is 9.59 Å². The number of anilines is 1. The third-order valence-corrected chi connectivity index (χ3v) is 3.79. The Balaban J connectivity index is 1.72. The number of rotatable bonds is 5. The average molecular weight is 330 g/mol. The van der Waals surface area contributed by atoms with Gasteiger partial charge in [-0.2, -0.15) is 0 Å². The molecule has 1 N–H and O–H groups in total. The highest BCUT2D eigenvalue weighted by Crippen LogP contribution is 2.21. The van der Waals surface area contributed by atoms with Gasteiger partial charge in [0.05, 0.1) is 6.42 Å². The van der Waals surface area contributed by atoms with Crippen molar-refractivity contribution in [2.75, 3.05) is 5.32 Å². The Hall–Kier alpha value is -3.27. The standard InChI is InChI=1S/C21H18N2O2/c1-15-12-17(10-11-22-15)16-6-5-7-18(13-16)20(24)14-21(25)23-19-8-3-2-4-9-19/h2-13H,14H2,1H3,(H,23,25). The summed E-state index contributed by atoms with van der Waals surface area (Å²) in [5, 5.41) is 2.73. The Bertz CT molecular complexity index is 905. The van der Waals surface area contributed by atoms with Crippen molar-refractivity contribution in [3.05, 3.63) is 84.2 Å². The van der Waals surface area contributed by atoms with Crippen LogP contribution in [0.25, 0.3) is 11.1 Å². The highest BCUT2D eigenvalue weighted by molar-refractivity contribution is 6.11. The van der Waals surface area contributed by atoms with Gasteiger partial charge in [-0.05, 0) is 48.4 Å². The van der Waals surface area contributed by atoms with Gasteiger partial charge in [0.2, 0.25) is 5.91 Å². The highest BCUT2D eigenvalue weighted by Gasteiger charge is 2.13. The van der Waals surface area contributed by atoms with Gasteiger partial charge in [-0.15, -0.1) is 0 Å². The van der Waals surface area contributed by atoms with Crippen molar-refractivity contribution in [3.8, 4) is 11.1 Å². The van der Waals surface area contributed by atoms with Crippen molar-refractivity contribution in [3.63, 3.8) is 0 Å². The molecule has 0 bridgehead atoms. The molecule has 1 aromatic heterocycles. The Kier molecular flexibility index (Phi) is 5.00. The topological polar surface area (TPSA) is 59.1 Å². The predicted octanol–water partition coefficient (Wildman–Crippen LogP) is 4.27. The molecular weight excluding hydrogens is 312 g/mol. The molecule has 3 rings (SSSR count). The van der Waals surface area contributed by atoms with Gasteiger partial charge in [0.1, 0.15) is 0 Å². The lowest BCUT2D eigenvalue weighted by molar-refractivity contribution is -0.115. The molecule has 0 unspecified atom stereocenters. The fourth-order valence-electron chi connectivity index (χ4n) is 2.57. The number of carbonyl (C=O) groups excluding carboxylic acids is 2. The largest absolute Gasteiger partial charge is 0.326 e. The number of carbonyl (C=O) groups is 2. The summed E-state index contributed by atoms with van der Waals surface area (Å²) in [5.41, 5.74) is 4.05. The van der Waals surface area contributed by atoms with Gasteiger partial charge in [0.25, 0.3) is 0 Å². The number of benzene rings is 2. The summed E-state index contributed by atoms with van der Waals surface area (Å²) in [5.74, 6) is -0.526. The fraction of sp³-hybridized carbons (Fsp3) is 0.0952. The number of pyridine rings is 1. The third kappa shape index (κ3) is 4.38. The molecule has 1 heterocycles. The molecule has 25 heavy (non-hydrogen) atoms. The quantitative estimate of drug-likeness (QED) is 0.561. The summed E-state index contributed by atoms with van der Waals surface area (Å²) in [6.45, 7) is 1.92. The number of amides is 1. The van der Waals surface area contributed by atoms with E-state index in [1.807, 2.05) is 55.5 Å². The van der Waals surface area contributed by atoms with Gasteiger partial charge in [-0.3, -0.25) is 14.6 Å². The second-order valence-electron chi connectivity index (χ2n) is 5.78. The van der Waals surface area contributed by atoms with Crippen molar-refractivity contribution in [2.24, 2.45) is 0 Å². The first-order valence-electron chi connectivity index (χ1n) is 8.03. The molecule has 4 heteroatoms. The molecule has 2 aromatic carbocycles. The average Bonchev–Trinajstić information content (AvgIpc) is 2.62. The van der Waals surface area contributed by atoms with E-state index in [1.54, 1.807) is 24.4 Å². The van der Waals surface area contributed by atoms with E-state index in [0.29, 0.717) is 11.3 Å². The number of nitrogens with one attached hydrogen (secondary N) is 1. The summed E-state index contributed by atoms with van der Waals surface area (Å²) >= 11 is 0. The molecule has 0 aliphatic heterocycles. The zero-order chi connectivity index (χ0) is 17.6. The summed E-state index contributed by atoms with van der Waals surface area (Å²) in [4.78, 5) is 28.7. The lowest BCUT2D eigenvalue weighted by Gasteiger charge is -2.07. The molecule has 0 saturated carbocycles. The van der Waals surface area contributed by atoms with Crippen LogP contribution in [0.3, 0.4) is 0 Å². The Labute approximate surface area is 146 Å². The van der Waals surface area contributed by atoms with E-state index in [-0.39, 0.29) is 18.1 Å². The molecule has 3 aromatic rings. The lowest BCUT2D eigenvalue weighted by atomic mass is 10.0. The van der Waals surface area contributed by atoms with Crippen LogP contribution < -0.4 is 5.32 Å². The molecular formula is C21H18N2O2. The number of nitrogens with zero attached hydrogens (tertiary/aromatic N) is 1. The van der Waals surface area contributed by atoms with Gasteiger partial charge in [0.15, 0.2) is 5.78 Å². The van der Waals surface area contributed by atoms with Crippen LogP contribution in [-0.4, -0.2) is 16.7 Å². The van der Waals surface area contributed by atoms with E-state index in [0.717, 1.165) is 16.8 Å². The maximum Gasteiger partial charge on any atom is 0.232 e. The molecule has 0 spiro atoms. The second kappa shape index (κ2) is 7.53. The Morgan fingerprint density at radius 3 is 2.44 bits per heavy atom. The maximum atomic E-state index is 12.4. The third-order valence-electron chi connectivity index (χ3n) is 3.79. The number of para-hydroxylation sites is 1. The predicted molar refractivity (Wildman–Crippen MR) is 98.4 cm³/mol. The first kappa shape index (κ1) is 16.6. The lowest BCUT2D eigenvalue weighted by Crippen LogP contribution is -2.16. The van der Waals surface area contributed by atoms with Crippen molar-refractivity contribution < 1.29 is 9.59 Å². The van der Waals surface area contributed by atoms with Crippen LogP contribution in [0, 0.1) is 6.92 Å². The van der Waals surface area contributed by atoms with Gasteiger partial charge < -0.3 is 5.32 Å². The van der Waals surface area contributed by atoms with E-state index in [4.69, 9.17) is 0 Å². The number of ketones is 1. The number of hydrogen-bond acceptors (Lipinski definition) is 3. The monoisotopic (exact) mass is 330 g/mol. The molecule has 0 fully saturated rings. The van der Waals surface area contributed by atoms with Gasteiger partial charge in [-0.25, -0.2) is 0 Å². The normalized spacial score (nSPS) is 10.3. The van der Waals surface area contributed by atoms with Crippen LogP contribution in [0.4, 0.5) is 5.69 Å². The maximum absolute atomic E-state index is 12.4. The summed E-state index contributed by atoms with van der Waals surface area (Å²) in [6.07, 6.45) is 1.56. The van der Waals surface area contributed by atoms with E-state index < -0.39 is 0 Å². The number of Topliss-reactive ketones (excluding diaryl/α,β-unsaturated/α-hetero) is 1. The molecule has 1 amide bonds. The summed E-state index contributed by atoms with van der Waals surface area (Å²) in [6, 6.07) is 20.3. The number of aromatic nitrogens is 1. The second-order valence-corrected chi connectivity index (χ2v) is 5.78. The zero-order valence-corrected chi connectivity index (χ0v) is 13.9. The molecule has 4 nitrogen and oxygen atoms in total. The number of hydrogen-bond donors (Lipinski definition) is 1. The number of aryl methyl sites for hydroxylation is 1. The van der Waals surface area contributed by atoms with Gasteiger partial charge in [0, 0.05) is 23.1 Å². The molecule has 124 valence electrons. The van der Waals surface area contributed by atoms with E-state index in [2.05, 4.69) is 10.3 Å². The zero-order valence-electron chi connectivity index (χ0n) is 13.9. The molecule has 0 radical (unpaired) electrons. The van der Waals surface area contributed by atoms with E-state index >= 15 is 0 Å². The van der Waals surface area contributed by atoms with Crippen LogP contribution in [0.2, 0.25) is 0 Å². The summed E-state index contributed by atoms with van der Waals surface area (Å²) in [7, 11) is 0. The van der Waals surface area contributed by atoms with Crippen LogP contribution in [0.5, 0.6) is 0 Å². The first-order valence-corrected chi connectivity index (χ1v) is 8.03.